The largest absolute Gasteiger partial charge is 0.507 e. The zero-order valence-corrected chi connectivity index (χ0v) is 11.8. The van der Waals surface area contributed by atoms with Crippen LogP contribution in [0.5, 0.6) is 5.75 Å². The van der Waals surface area contributed by atoms with E-state index in [0.717, 1.165) is 0 Å². The Bertz CT molecular complexity index is 678. The molecule has 0 amide bonds. The van der Waals surface area contributed by atoms with Crippen LogP contribution < -0.4 is 0 Å². The quantitative estimate of drug-likeness (QED) is 0.659. The maximum atomic E-state index is 12.9. The molecule has 0 aliphatic carbocycles. The number of halogens is 2. The number of hydrogen-bond acceptors (Lipinski definition) is 2. The molecule has 0 saturated heterocycles. The molecule has 2 N–H and O–H groups in total. The van der Waals surface area contributed by atoms with Crippen molar-refractivity contribution >= 4 is 33.5 Å². The number of rotatable bonds is 3. The van der Waals surface area contributed by atoms with Gasteiger partial charge in [-0.05, 0) is 42.0 Å². The molecule has 0 spiro atoms. The van der Waals surface area contributed by atoms with Crippen molar-refractivity contribution in [3.05, 3.63) is 63.9 Å². The molecule has 0 aliphatic heterocycles. The maximum Gasteiger partial charge on any atom is 0.336 e. The molecule has 0 radical (unpaired) electrons. The van der Waals surface area contributed by atoms with Crippen molar-refractivity contribution in [3.63, 3.8) is 0 Å². The molecule has 2 rings (SSSR count). The van der Waals surface area contributed by atoms with E-state index in [4.69, 9.17) is 0 Å². The fourth-order valence-corrected chi connectivity index (χ4v) is 2.07. The van der Waals surface area contributed by atoms with Crippen molar-refractivity contribution in [2.45, 2.75) is 0 Å². The number of carbonyl (C=O) groups is 1. The number of aliphatic carboxylic acids is 1. The first-order valence-corrected chi connectivity index (χ1v) is 6.46. The molecule has 0 heterocycles. The van der Waals surface area contributed by atoms with E-state index in [1.807, 2.05) is 0 Å². The zero-order chi connectivity index (χ0) is 14.7. The Morgan fingerprint density at radius 2 is 1.80 bits per heavy atom. The molecule has 0 aliphatic rings. The van der Waals surface area contributed by atoms with Crippen LogP contribution in [0.3, 0.4) is 0 Å². The summed E-state index contributed by atoms with van der Waals surface area (Å²) in [6.07, 6.45) is 1.34. The van der Waals surface area contributed by atoms with Crippen LogP contribution in [-0.2, 0) is 4.79 Å². The number of aromatic hydroxyl groups is 1. The van der Waals surface area contributed by atoms with Crippen molar-refractivity contribution in [3.8, 4) is 5.75 Å². The topological polar surface area (TPSA) is 57.5 Å². The fraction of sp³-hybridized carbons (Fsp3) is 0. The number of carboxylic acids is 1. The van der Waals surface area contributed by atoms with Crippen LogP contribution in [0, 0.1) is 5.82 Å². The summed E-state index contributed by atoms with van der Waals surface area (Å²) in [6.45, 7) is 0. The summed E-state index contributed by atoms with van der Waals surface area (Å²) in [5, 5.41) is 19.0. The van der Waals surface area contributed by atoms with Crippen molar-refractivity contribution < 1.29 is 19.4 Å². The van der Waals surface area contributed by atoms with Gasteiger partial charge in [-0.25, -0.2) is 9.18 Å². The van der Waals surface area contributed by atoms with E-state index in [-0.39, 0.29) is 11.3 Å². The van der Waals surface area contributed by atoms with E-state index in [1.54, 1.807) is 12.1 Å². The van der Waals surface area contributed by atoms with Gasteiger partial charge in [-0.1, -0.05) is 28.1 Å². The number of phenolic OH excluding ortho intramolecular Hbond substituents is 1. The van der Waals surface area contributed by atoms with Crippen molar-refractivity contribution in [2.75, 3.05) is 0 Å². The second-order valence-corrected chi connectivity index (χ2v) is 4.99. The van der Waals surface area contributed by atoms with E-state index >= 15 is 0 Å². The third kappa shape index (κ3) is 3.24. The molecule has 102 valence electrons. The average molecular weight is 337 g/mol. The lowest BCUT2D eigenvalue weighted by molar-refractivity contribution is -0.130. The second kappa shape index (κ2) is 5.88. The van der Waals surface area contributed by atoms with Gasteiger partial charge in [0, 0.05) is 10.0 Å². The Hall–Kier alpha value is -2.14. The third-order valence-electron chi connectivity index (χ3n) is 2.68. The minimum atomic E-state index is -1.16. The van der Waals surface area contributed by atoms with Gasteiger partial charge in [0.1, 0.15) is 11.6 Å². The molecular weight excluding hydrogens is 327 g/mol. The van der Waals surface area contributed by atoms with Crippen molar-refractivity contribution in [1.29, 1.82) is 0 Å². The lowest BCUT2D eigenvalue weighted by atomic mass is 10.0. The third-order valence-corrected chi connectivity index (χ3v) is 3.17. The molecule has 0 saturated carbocycles. The summed E-state index contributed by atoms with van der Waals surface area (Å²) >= 11 is 3.25. The van der Waals surface area contributed by atoms with Gasteiger partial charge in [0.05, 0.1) is 5.57 Å². The Labute approximate surface area is 123 Å². The van der Waals surface area contributed by atoms with Gasteiger partial charge >= 0.3 is 5.97 Å². The molecule has 20 heavy (non-hydrogen) atoms. The first kappa shape index (κ1) is 14.3. The molecule has 5 heteroatoms. The van der Waals surface area contributed by atoms with Gasteiger partial charge in [0.25, 0.3) is 0 Å². The summed E-state index contributed by atoms with van der Waals surface area (Å²) in [7, 11) is 0. The molecule has 0 bridgehead atoms. The highest BCUT2D eigenvalue weighted by Crippen LogP contribution is 2.27. The standard InChI is InChI=1S/C15H10BrFO3/c16-11-3-6-14(18)10(7-11)8-13(15(19)20)9-1-4-12(17)5-2-9/h1-8,18H,(H,19,20)/b13-8-. The first-order valence-electron chi connectivity index (χ1n) is 5.67. The zero-order valence-electron chi connectivity index (χ0n) is 10.2. The van der Waals surface area contributed by atoms with Crippen LogP contribution in [0.1, 0.15) is 11.1 Å². The highest BCUT2D eigenvalue weighted by atomic mass is 79.9. The average Bonchev–Trinajstić information content (AvgIpc) is 2.40. The summed E-state index contributed by atoms with van der Waals surface area (Å²) in [6, 6.07) is 9.83. The Balaban J connectivity index is 2.53. The van der Waals surface area contributed by atoms with Crippen LogP contribution in [0.4, 0.5) is 4.39 Å². The van der Waals surface area contributed by atoms with E-state index in [9.17, 15) is 19.4 Å². The Morgan fingerprint density at radius 3 is 2.40 bits per heavy atom. The summed E-state index contributed by atoms with van der Waals surface area (Å²) in [5.41, 5.74) is 0.692. The number of hydrogen-bond donors (Lipinski definition) is 2. The normalized spacial score (nSPS) is 11.4. The highest BCUT2D eigenvalue weighted by Gasteiger charge is 2.12. The fourth-order valence-electron chi connectivity index (χ4n) is 1.69. The highest BCUT2D eigenvalue weighted by molar-refractivity contribution is 9.10. The minimum absolute atomic E-state index is 0.0293. The Morgan fingerprint density at radius 1 is 1.15 bits per heavy atom. The van der Waals surface area contributed by atoms with E-state index < -0.39 is 11.8 Å². The van der Waals surface area contributed by atoms with Crippen molar-refractivity contribution in [2.24, 2.45) is 0 Å². The van der Waals surface area contributed by atoms with Crippen LogP contribution in [0.2, 0.25) is 0 Å². The Kier molecular flexibility index (Phi) is 4.20. The minimum Gasteiger partial charge on any atom is -0.507 e. The first-order chi connectivity index (χ1) is 9.47. The molecular formula is C15H10BrFO3. The predicted molar refractivity (Wildman–Crippen MR) is 77.7 cm³/mol. The molecule has 2 aromatic rings. The monoisotopic (exact) mass is 336 g/mol. The lowest BCUT2D eigenvalue weighted by Crippen LogP contribution is -1.99. The molecule has 0 unspecified atom stereocenters. The summed E-state index contributed by atoms with van der Waals surface area (Å²) < 4.78 is 13.6. The smallest absolute Gasteiger partial charge is 0.336 e. The van der Waals surface area contributed by atoms with E-state index in [0.29, 0.717) is 15.6 Å². The van der Waals surface area contributed by atoms with Crippen LogP contribution in [0.15, 0.2) is 46.9 Å². The molecule has 3 nitrogen and oxygen atoms in total. The van der Waals surface area contributed by atoms with Gasteiger partial charge in [0.15, 0.2) is 0 Å². The van der Waals surface area contributed by atoms with Gasteiger partial charge in [-0.3, -0.25) is 0 Å². The van der Waals surface area contributed by atoms with E-state index in [2.05, 4.69) is 15.9 Å². The summed E-state index contributed by atoms with van der Waals surface area (Å²) in [4.78, 5) is 11.3. The molecule has 0 aromatic heterocycles. The van der Waals surface area contributed by atoms with Crippen LogP contribution >= 0.6 is 15.9 Å². The van der Waals surface area contributed by atoms with Gasteiger partial charge < -0.3 is 10.2 Å². The number of carboxylic acid groups (broad SMARTS) is 1. The lowest BCUT2D eigenvalue weighted by Gasteiger charge is -2.05. The van der Waals surface area contributed by atoms with Crippen molar-refractivity contribution in [1.82, 2.24) is 0 Å². The van der Waals surface area contributed by atoms with Gasteiger partial charge in [-0.2, -0.15) is 0 Å². The van der Waals surface area contributed by atoms with E-state index in [1.165, 1.54) is 36.4 Å². The molecule has 0 fully saturated rings. The van der Waals surface area contributed by atoms with Crippen LogP contribution in [-0.4, -0.2) is 16.2 Å². The van der Waals surface area contributed by atoms with Gasteiger partial charge in [0.2, 0.25) is 0 Å². The second-order valence-electron chi connectivity index (χ2n) is 4.07. The summed E-state index contributed by atoms with van der Waals surface area (Å²) in [5.74, 6) is -1.63. The number of benzene rings is 2. The maximum absolute atomic E-state index is 12.9. The molecule has 0 atom stereocenters. The van der Waals surface area contributed by atoms with Crippen LogP contribution in [0.25, 0.3) is 11.6 Å². The predicted octanol–water partition coefficient (Wildman–Crippen LogP) is 3.92. The molecule has 2 aromatic carbocycles. The number of phenols is 1. The SMILES string of the molecule is O=C(O)/C(=C\c1cc(Br)ccc1O)c1ccc(F)cc1. The van der Waals surface area contributed by atoms with Gasteiger partial charge in [-0.15, -0.1) is 0 Å².